The van der Waals surface area contributed by atoms with E-state index in [1.807, 2.05) is 0 Å². The van der Waals surface area contributed by atoms with Crippen molar-refractivity contribution >= 4 is 0 Å². The maximum absolute atomic E-state index is 12.3. The summed E-state index contributed by atoms with van der Waals surface area (Å²) in [4.78, 5) is 0. The van der Waals surface area contributed by atoms with E-state index in [0.717, 1.165) is 0 Å². The van der Waals surface area contributed by atoms with Gasteiger partial charge in [-0.1, -0.05) is 0 Å². The smallest absolute Gasteiger partial charge is 0.200 e. The summed E-state index contributed by atoms with van der Waals surface area (Å²) < 4.78 is 130. The Bertz CT molecular complexity index is 262. The van der Waals surface area contributed by atoms with Crippen LogP contribution in [0.5, 0.6) is 0 Å². The maximum atomic E-state index is 12.3. The van der Waals surface area contributed by atoms with Gasteiger partial charge in [0.05, 0.1) is 6.42 Å². The normalized spacial score (nSPS) is 15.5. The van der Waals surface area contributed by atoms with Crippen LogP contribution in [0.2, 0.25) is 0 Å². The van der Waals surface area contributed by atoms with Crippen molar-refractivity contribution < 1.29 is 48.3 Å². The standard InChI is InChI=1S/C6H2F11/c7-2(8)1-3(9,10)4(11,12)5(13,14)6(15,16)17/h1H2. The summed E-state index contributed by atoms with van der Waals surface area (Å²) in [7, 11) is 0. The van der Waals surface area contributed by atoms with Crippen LogP contribution in [-0.4, -0.2) is 23.9 Å². The molecule has 0 saturated heterocycles. The molecular formula is C6H2F11. The van der Waals surface area contributed by atoms with Crippen LogP contribution in [-0.2, 0) is 0 Å². The molecule has 0 aromatic carbocycles. The van der Waals surface area contributed by atoms with E-state index in [1.54, 1.807) is 0 Å². The van der Waals surface area contributed by atoms with Crippen LogP contribution in [0.4, 0.5) is 48.3 Å². The van der Waals surface area contributed by atoms with E-state index in [0.29, 0.717) is 0 Å². The second-order valence-electron chi connectivity index (χ2n) is 2.87. The van der Waals surface area contributed by atoms with E-state index >= 15 is 0 Å². The lowest BCUT2D eigenvalue weighted by molar-refractivity contribution is -0.397. The molecule has 0 spiro atoms. The van der Waals surface area contributed by atoms with Crippen LogP contribution >= 0.6 is 0 Å². The van der Waals surface area contributed by atoms with Crippen LogP contribution < -0.4 is 0 Å². The SMILES string of the molecule is F[C](F)CC(F)(F)C(F)(F)C(F)(F)C(F)(F)F. The first-order chi connectivity index (χ1) is 7.17. The third-order valence-corrected chi connectivity index (χ3v) is 1.57. The van der Waals surface area contributed by atoms with Gasteiger partial charge in [0.1, 0.15) is 0 Å². The third-order valence-electron chi connectivity index (χ3n) is 1.57. The summed E-state index contributed by atoms with van der Waals surface area (Å²) in [6, 6.07) is 0. The van der Waals surface area contributed by atoms with Crippen molar-refractivity contribution in [3.05, 3.63) is 6.43 Å². The fourth-order valence-electron chi connectivity index (χ4n) is 0.687. The Hall–Kier alpha value is -0.770. The lowest BCUT2D eigenvalue weighted by Gasteiger charge is -2.33. The third kappa shape index (κ3) is 2.73. The number of hydrogen-bond acceptors (Lipinski definition) is 0. The summed E-state index contributed by atoms with van der Waals surface area (Å²) in [6.07, 6.45) is -13.6. The van der Waals surface area contributed by atoms with Gasteiger partial charge >= 0.3 is 30.4 Å². The van der Waals surface area contributed by atoms with Crippen molar-refractivity contribution in [2.45, 2.75) is 30.4 Å². The first kappa shape index (κ1) is 16.2. The molecule has 0 aromatic heterocycles. The Morgan fingerprint density at radius 3 is 1.24 bits per heavy atom. The second kappa shape index (κ2) is 4.16. The van der Waals surface area contributed by atoms with Gasteiger partial charge in [-0.25, -0.2) is 0 Å². The molecule has 0 atom stereocenters. The summed E-state index contributed by atoms with van der Waals surface area (Å²) in [5.41, 5.74) is 0. The van der Waals surface area contributed by atoms with E-state index in [2.05, 4.69) is 0 Å². The van der Waals surface area contributed by atoms with Gasteiger partial charge in [-0.05, 0) is 0 Å². The second-order valence-corrected chi connectivity index (χ2v) is 2.87. The first-order valence-electron chi connectivity index (χ1n) is 3.54. The molecule has 0 rings (SSSR count). The van der Waals surface area contributed by atoms with Crippen molar-refractivity contribution in [3.63, 3.8) is 0 Å². The van der Waals surface area contributed by atoms with Gasteiger partial charge in [0.25, 0.3) is 0 Å². The number of rotatable bonds is 4. The molecule has 0 bridgehead atoms. The Labute approximate surface area is 86.4 Å². The summed E-state index contributed by atoms with van der Waals surface area (Å²) in [6.45, 7) is 0. The Balaban J connectivity index is 5.39. The van der Waals surface area contributed by atoms with Crippen molar-refractivity contribution in [2.75, 3.05) is 0 Å². The zero-order chi connectivity index (χ0) is 14.3. The number of alkyl halides is 9. The maximum Gasteiger partial charge on any atom is 0.460 e. The van der Waals surface area contributed by atoms with E-state index in [4.69, 9.17) is 0 Å². The number of hydrogen-bond donors (Lipinski definition) is 0. The minimum Gasteiger partial charge on any atom is -0.200 e. The van der Waals surface area contributed by atoms with Gasteiger partial charge in [-0.15, -0.1) is 0 Å². The zero-order valence-corrected chi connectivity index (χ0v) is 7.36. The van der Waals surface area contributed by atoms with Crippen LogP contribution in [0.1, 0.15) is 6.42 Å². The van der Waals surface area contributed by atoms with E-state index in [-0.39, 0.29) is 0 Å². The molecule has 0 saturated carbocycles. The summed E-state index contributed by atoms with van der Waals surface area (Å²) >= 11 is 0. The monoisotopic (exact) mass is 283 g/mol. The van der Waals surface area contributed by atoms with Crippen LogP contribution in [0.3, 0.4) is 0 Å². The fraction of sp³-hybridized carbons (Fsp3) is 0.833. The van der Waals surface area contributed by atoms with Gasteiger partial charge in [-0.3, -0.25) is 0 Å². The van der Waals surface area contributed by atoms with E-state index in [1.165, 1.54) is 0 Å². The first-order valence-corrected chi connectivity index (χ1v) is 3.54. The van der Waals surface area contributed by atoms with Crippen LogP contribution in [0.15, 0.2) is 0 Å². The van der Waals surface area contributed by atoms with Crippen molar-refractivity contribution in [2.24, 2.45) is 0 Å². The Kier molecular flexibility index (Phi) is 3.97. The van der Waals surface area contributed by atoms with Gasteiger partial charge in [0, 0.05) is 0 Å². The molecule has 103 valence electrons. The molecule has 1 radical (unpaired) electrons. The van der Waals surface area contributed by atoms with Gasteiger partial charge < -0.3 is 0 Å². The predicted molar refractivity (Wildman–Crippen MR) is 31.0 cm³/mol. The molecule has 0 unspecified atom stereocenters. The Morgan fingerprint density at radius 1 is 0.647 bits per heavy atom. The van der Waals surface area contributed by atoms with Crippen LogP contribution in [0, 0.1) is 6.43 Å². The van der Waals surface area contributed by atoms with Crippen molar-refractivity contribution in [1.29, 1.82) is 0 Å². The summed E-state index contributed by atoms with van der Waals surface area (Å²) in [5.74, 6) is -20.3. The van der Waals surface area contributed by atoms with E-state index < -0.39 is 36.8 Å². The van der Waals surface area contributed by atoms with Gasteiger partial charge in [0.15, 0.2) is 0 Å². The lowest BCUT2D eigenvalue weighted by atomic mass is 10.0. The Morgan fingerprint density at radius 2 is 1.00 bits per heavy atom. The molecule has 0 nitrogen and oxygen atoms in total. The fourth-order valence-corrected chi connectivity index (χ4v) is 0.687. The van der Waals surface area contributed by atoms with Crippen molar-refractivity contribution in [3.8, 4) is 0 Å². The van der Waals surface area contributed by atoms with Crippen LogP contribution in [0.25, 0.3) is 0 Å². The molecule has 0 fully saturated rings. The molecule has 0 aromatic rings. The molecule has 0 aliphatic carbocycles. The molecule has 0 aliphatic rings. The molecule has 0 aliphatic heterocycles. The molecular weight excluding hydrogens is 281 g/mol. The lowest BCUT2D eigenvalue weighted by Crippen LogP contribution is -2.60. The quantitative estimate of drug-likeness (QED) is 0.676. The average molecular weight is 283 g/mol. The molecule has 17 heavy (non-hydrogen) atoms. The highest BCUT2D eigenvalue weighted by atomic mass is 19.4. The minimum atomic E-state index is -7.13. The molecule has 0 N–H and O–H groups in total. The summed E-state index contributed by atoms with van der Waals surface area (Å²) in [5, 5.41) is 0. The highest BCUT2D eigenvalue weighted by Gasteiger charge is 2.81. The highest BCUT2D eigenvalue weighted by Crippen LogP contribution is 2.54. The average Bonchev–Trinajstić information content (AvgIpc) is 1.98. The highest BCUT2D eigenvalue weighted by molar-refractivity contribution is 5.01. The number of halogens is 11. The molecule has 0 heterocycles. The van der Waals surface area contributed by atoms with Gasteiger partial charge in [0.2, 0.25) is 0 Å². The van der Waals surface area contributed by atoms with Gasteiger partial charge in [-0.2, -0.15) is 48.3 Å². The molecule has 0 amide bonds. The zero-order valence-electron chi connectivity index (χ0n) is 7.36. The predicted octanol–water partition coefficient (Wildman–Crippen LogP) is 4.27. The minimum absolute atomic E-state index is 3.19. The topological polar surface area (TPSA) is 0 Å². The van der Waals surface area contributed by atoms with Crippen molar-refractivity contribution in [1.82, 2.24) is 0 Å². The van der Waals surface area contributed by atoms with E-state index in [9.17, 15) is 48.3 Å². The molecule has 11 heteroatoms. The largest absolute Gasteiger partial charge is 0.460 e.